The van der Waals surface area contributed by atoms with E-state index in [1.54, 1.807) is 6.92 Å². The van der Waals surface area contributed by atoms with E-state index in [9.17, 15) is 18.0 Å². The van der Waals surface area contributed by atoms with Crippen molar-refractivity contribution in [3.05, 3.63) is 35.9 Å². The van der Waals surface area contributed by atoms with Crippen molar-refractivity contribution < 1.29 is 18.0 Å². The number of benzene rings is 1. The van der Waals surface area contributed by atoms with Crippen molar-refractivity contribution in [2.24, 2.45) is 0 Å². The van der Waals surface area contributed by atoms with Gasteiger partial charge in [0.1, 0.15) is 0 Å². The molecule has 2 rings (SSSR count). The van der Waals surface area contributed by atoms with Crippen LogP contribution >= 0.6 is 0 Å². The van der Waals surface area contributed by atoms with E-state index in [0.717, 1.165) is 5.56 Å². The van der Waals surface area contributed by atoms with E-state index in [-0.39, 0.29) is 36.3 Å². The van der Waals surface area contributed by atoms with Crippen LogP contribution in [0.25, 0.3) is 0 Å². The highest BCUT2D eigenvalue weighted by molar-refractivity contribution is 7.91. The fourth-order valence-electron chi connectivity index (χ4n) is 2.51. The smallest absolute Gasteiger partial charge is 0.239 e. The van der Waals surface area contributed by atoms with E-state index in [0.29, 0.717) is 6.42 Å². The molecule has 22 heavy (non-hydrogen) atoms. The van der Waals surface area contributed by atoms with Gasteiger partial charge in [0.15, 0.2) is 9.84 Å². The molecule has 7 heteroatoms. The second-order valence-electron chi connectivity index (χ2n) is 5.89. The summed E-state index contributed by atoms with van der Waals surface area (Å²) in [5.74, 6) is -0.583. The normalized spacial score (nSPS) is 23.0. The van der Waals surface area contributed by atoms with Crippen LogP contribution < -0.4 is 10.6 Å². The van der Waals surface area contributed by atoms with Crippen LogP contribution in [0, 0.1) is 0 Å². The first-order chi connectivity index (χ1) is 10.3. The van der Waals surface area contributed by atoms with Crippen LogP contribution in [-0.2, 0) is 25.8 Å². The number of rotatable bonds is 5. The molecule has 2 amide bonds. The molecule has 0 aromatic heterocycles. The lowest BCUT2D eigenvalue weighted by atomic mass is 10.0. The molecule has 120 valence electrons. The van der Waals surface area contributed by atoms with Crippen molar-refractivity contribution in [1.82, 2.24) is 10.6 Å². The molecular weight excluding hydrogens is 304 g/mol. The molecule has 1 aromatic carbocycles. The van der Waals surface area contributed by atoms with Crippen LogP contribution in [0.3, 0.4) is 0 Å². The van der Waals surface area contributed by atoms with Crippen LogP contribution in [0.5, 0.6) is 0 Å². The minimum absolute atomic E-state index is 0.0519. The van der Waals surface area contributed by atoms with Gasteiger partial charge in [-0.2, -0.15) is 0 Å². The average Bonchev–Trinajstić information content (AvgIpc) is 2.71. The van der Waals surface area contributed by atoms with Gasteiger partial charge < -0.3 is 10.6 Å². The SMILES string of the molecule is CC1(NC(=O)CNC(=O)Cc2ccccc2)CCS(=O)(=O)C1. The van der Waals surface area contributed by atoms with E-state index in [2.05, 4.69) is 10.6 Å². The Morgan fingerprint density at radius 1 is 1.18 bits per heavy atom. The molecule has 0 aliphatic carbocycles. The molecule has 1 fully saturated rings. The van der Waals surface area contributed by atoms with Gasteiger partial charge in [-0.3, -0.25) is 9.59 Å². The number of carbonyl (C=O) groups excluding carboxylic acids is 2. The van der Waals surface area contributed by atoms with Gasteiger partial charge in [-0.05, 0) is 18.9 Å². The van der Waals surface area contributed by atoms with Gasteiger partial charge in [-0.1, -0.05) is 30.3 Å². The van der Waals surface area contributed by atoms with Gasteiger partial charge in [-0.15, -0.1) is 0 Å². The van der Waals surface area contributed by atoms with Gasteiger partial charge in [0.2, 0.25) is 11.8 Å². The molecule has 2 N–H and O–H groups in total. The maximum atomic E-state index is 11.9. The van der Waals surface area contributed by atoms with E-state index < -0.39 is 15.4 Å². The van der Waals surface area contributed by atoms with E-state index in [1.165, 1.54) is 0 Å². The predicted molar refractivity (Wildman–Crippen MR) is 83.0 cm³/mol. The largest absolute Gasteiger partial charge is 0.348 e. The summed E-state index contributed by atoms with van der Waals surface area (Å²) in [6.07, 6.45) is 0.610. The molecule has 0 bridgehead atoms. The molecule has 6 nitrogen and oxygen atoms in total. The van der Waals surface area contributed by atoms with E-state index >= 15 is 0 Å². The fourth-order valence-corrected chi connectivity index (χ4v) is 4.61. The molecule has 1 heterocycles. The molecule has 1 unspecified atom stereocenters. The Morgan fingerprint density at radius 3 is 2.45 bits per heavy atom. The van der Waals surface area contributed by atoms with Gasteiger partial charge in [0.25, 0.3) is 0 Å². The average molecular weight is 324 g/mol. The van der Waals surface area contributed by atoms with Gasteiger partial charge >= 0.3 is 0 Å². The zero-order valence-corrected chi connectivity index (χ0v) is 13.3. The summed E-state index contributed by atoms with van der Waals surface area (Å²) in [7, 11) is -3.07. The first kappa shape index (κ1) is 16.5. The lowest BCUT2D eigenvalue weighted by molar-refractivity contribution is -0.126. The van der Waals surface area contributed by atoms with Crippen molar-refractivity contribution in [3.63, 3.8) is 0 Å². The molecule has 1 atom stereocenters. The van der Waals surface area contributed by atoms with E-state index in [1.807, 2.05) is 30.3 Å². The zero-order valence-electron chi connectivity index (χ0n) is 12.5. The third-order valence-electron chi connectivity index (χ3n) is 3.60. The van der Waals surface area contributed by atoms with Gasteiger partial charge in [-0.25, -0.2) is 8.42 Å². The molecule has 1 aliphatic rings. The number of amides is 2. The highest BCUT2D eigenvalue weighted by Gasteiger charge is 2.39. The highest BCUT2D eigenvalue weighted by Crippen LogP contribution is 2.22. The molecule has 1 aromatic rings. The van der Waals surface area contributed by atoms with Crippen LogP contribution in [0.4, 0.5) is 0 Å². The number of hydrogen-bond donors (Lipinski definition) is 2. The Balaban J connectivity index is 1.77. The first-order valence-electron chi connectivity index (χ1n) is 7.10. The number of carbonyl (C=O) groups is 2. The predicted octanol–water partition coefficient (Wildman–Crippen LogP) is 0.0387. The summed E-state index contributed by atoms with van der Waals surface area (Å²) in [5, 5.41) is 5.24. The maximum Gasteiger partial charge on any atom is 0.239 e. The molecule has 0 saturated carbocycles. The fraction of sp³-hybridized carbons (Fsp3) is 0.467. The van der Waals surface area contributed by atoms with Crippen molar-refractivity contribution >= 4 is 21.7 Å². The van der Waals surface area contributed by atoms with Crippen LogP contribution in [0.2, 0.25) is 0 Å². The summed E-state index contributed by atoms with van der Waals surface area (Å²) in [6, 6.07) is 9.23. The minimum Gasteiger partial charge on any atom is -0.348 e. The summed E-state index contributed by atoms with van der Waals surface area (Å²) < 4.78 is 23.0. The van der Waals surface area contributed by atoms with Crippen LogP contribution in [0.1, 0.15) is 18.9 Å². The standard InChI is InChI=1S/C15H20N2O4S/c1-15(7-8-22(20,21)11-15)17-14(19)10-16-13(18)9-12-5-3-2-4-6-12/h2-6H,7-11H2,1H3,(H,16,18)(H,17,19). The lowest BCUT2D eigenvalue weighted by Crippen LogP contribution is -2.50. The number of sulfone groups is 1. The Labute approximate surface area is 130 Å². The van der Waals surface area contributed by atoms with Crippen LogP contribution in [-0.4, -0.2) is 43.8 Å². The number of hydrogen-bond acceptors (Lipinski definition) is 4. The van der Waals surface area contributed by atoms with Crippen molar-refractivity contribution in [3.8, 4) is 0 Å². The monoisotopic (exact) mass is 324 g/mol. The Hall–Kier alpha value is -1.89. The molecule has 1 saturated heterocycles. The zero-order chi connectivity index (χ0) is 16.2. The Kier molecular flexibility index (Phi) is 4.85. The second-order valence-corrected chi connectivity index (χ2v) is 8.07. The Bertz CT molecular complexity index is 657. The summed E-state index contributed by atoms with van der Waals surface area (Å²) in [6.45, 7) is 1.56. The molecule has 1 aliphatic heterocycles. The number of nitrogens with one attached hydrogen (secondary N) is 2. The molecule has 0 radical (unpaired) electrons. The van der Waals surface area contributed by atoms with Gasteiger partial charge in [0.05, 0.1) is 30.0 Å². The van der Waals surface area contributed by atoms with Crippen molar-refractivity contribution in [1.29, 1.82) is 0 Å². The van der Waals surface area contributed by atoms with E-state index in [4.69, 9.17) is 0 Å². The summed E-state index contributed by atoms with van der Waals surface area (Å²) >= 11 is 0. The second kappa shape index (κ2) is 6.48. The molecular formula is C15H20N2O4S. The van der Waals surface area contributed by atoms with Crippen molar-refractivity contribution in [2.75, 3.05) is 18.1 Å². The highest BCUT2D eigenvalue weighted by atomic mass is 32.2. The molecule has 0 spiro atoms. The van der Waals surface area contributed by atoms with Crippen LogP contribution in [0.15, 0.2) is 30.3 Å². The van der Waals surface area contributed by atoms with Crippen molar-refractivity contribution in [2.45, 2.75) is 25.3 Å². The minimum atomic E-state index is -3.07. The first-order valence-corrected chi connectivity index (χ1v) is 8.92. The quantitative estimate of drug-likeness (QED) is 0.800. The topological polar surface area (TPSA) is 92.3 Å². The third kappa shape index (κ3) is 4.84. The third-order valence-corrected chi connectivity index (χ3v) is 5.50. The Morgan fingerprint density at radius 2 is 1.86 bits per heavy atom. The lowest BCUT2D eigenvalue weighted by Gasteiger charge is -2.23. The summed E-state index contributed by atoms with van der Waals surface area (Å²) in [4.78, 5) is 23.6. The summed E-state index contributed by atoms with van der Waals surface area (Å²) in [5.41, 5.74) is 0.134. The maximum absolute atomic E-state index is 11.9. The van der Waals surface area contributed by atoms with Gasteiger partial charge in [0, 0.05) is 0 Å².